The van der Waals surface area contributed by atoms with Crippen LogP contribution in [0.25, 0.3) is 11.2 Å². The summed E-state index contributed by atoms with van der Waals surface area (Å²) in [6.45, 7) is 1.44. The van der Waals surface area contributed by atoms with Crippen LogP contribution in [0.15, 0.2) is 27.2 Å². The van der Waals surface area contributed by atoms with E-state index in [-0.39, 0.29) is 40.6 Å². The number of aliphatic imine (C=N–C) groups is 1. The molecule has 0 spiro atoms. The summed E-state index contributed by atoms with van der Waals surface area (Å²) in [6.07, 6.45) is -1.81. The lowest BCUT2D eigenvalue weighted by Gasteiger charge is -2.18. The molecule has 0 unspecified atom stereocenters. The van der Waals surface area contributed by atoms with Gasteiger partial charge in [-0.25, -0.2) is 13.4 Å². The highest BCUT2D eigenvalue weighted by molar-refractivity contribution is 7.90. The fourth-order valence-corrected chi connectivity index (χ4v) is 3.90. The van der Waals surface area contributed by atoms with E-state index in [4.69, 9.17) is 0 Å². The number of rotatable bonds is 4. The zero-order chi connectivity index (χ0) is 22.6. The Morgan fingerprint density at radius 2 is 2.03 bits per heavy atom. The maximum absolute atomic E-state index is 13.0. The maximum Gasteiger partial charge on any atom is 0.435 e. The lowest BCUT2D eigenvalue weighted by atomic mass is 9.90. The molecule has 1 saturated carbocycles. The number of aromatic nitrogens is 4. The molecule has 1 aliphatic carbocycles. The van der Waals surface area contributed by atoms with E-state index in [9.17, 15) is 26.9 Å². The number of nitrogens with zero attached hydrogens (tertiary/aromatic N) is 7. The standard InChI is InChI=1S/C18H16F3N7O2S/c1-3-31(29,30)27-11-6-10(17(9-22)4-5-17)8-23-14(11)16-24-12-7-13(18(19,20)21)25-26-15(12)28(16)2/h7-8H,3-6H2,1-2H3. The van der Waals surface area contributed by atoms with Gasteiger partial charge in [-0.05, 0) is 25.3 Å². The fraction of sp³-hybridized carbons (Fsp3) is 0.444. The van der Waals surface area contributed by atoms with Gasteiger partial charge >= 0.3 is 6.18 Å². The predicted octanol–water partition coefficient (Wildman–Crippen LogP) is 2.55. The summed E-state index contributed by atoms with van der Waals surface area (Å²) in [5.74, 6) is -0.138. The highest BCUT2D eigenvalue weighted by Gasteiger charge is 2.48. The van der Waals surface area contributed by atoms with Crippen molar-refractivity contribution in [2.24, 2.45) is 21.9 Å². The second kappa shape index (κ2) is 6.94. The molecule has 2 aliphatic rings. The molecule has 1 aliphatic heterocycles. The minimum Gasteiger partial charge on any atom is -0.309 e. The van der Waals surface area contributed by atoms with Gasteiger partial charge in [0.25, 0.3) is 10.0 Å². The molecule has 0 bridgehead atoms. The second-order valence-electron chi connectivity index (χ2n) is 7.34. The van der Waals surface area contributed by atoms with Crippen LogP contribution in [-0.4, -0.2) is 45.3 Å². The number of alkyl halides is 3. The first kappa shape index (κ1) is 21.1. The van der Waals surface area contributed by atoms with Gasteiger partial charge in [-0.2, -0.15) is 22.8 Å². The first-order chi connectivity index (χ1) is 14.5. The number of fused-ring (bicyclic) bond motifs is 1. The average Bonchev–Trinajstić information content (AvgIpc) is 3.45. The highest BCUT2D eigenvalue weighted by Crippen LogP contribution is 2.53. The molecule has 2 aromatic rings. The molecule has 13 heteroatoms. The van der Waals surface area contributed by atoms with Gasteiger partial charge in [0.15, 0.2) is 17.2 Å². The van der Waals surface area contributed by atoms with Crippen molar-refractivity contribution in [3.05, 3.63) is 29.4 Å². The summed E-state index contributed by atoms with van der Waals surface area (Å²) in [5.41, 5.74) is -1.01. The van der Waals surface area contributed by atoms with Crippen LogP contribution < -0.4 is 0 Å². The molecular formula is C18H16F3N7O2S. The van der Waals surface area contributed by atoms with Gasteiger partial charge in [0.05, 0.1) is 22.9 Å². The van der Waals surface area contributed by atoms with Crippen LogP contribution in [0.4, 0.5) is 13.2 Å². The Bertz CT molecular complexity index is 1330. The molecule has 2 aromatic heterocycles. The van der Waals surface area contributed by atoms with Crippen LogP contribution in [0.2, 0.25) is 0 Å². The van der Waals surface area contributed by atoms with Crippen molar-refractivity contribution < 1.29 is 21.6 Å². The van der Waals surface area contributed by atoms with Crippen molar-refractivity contribution in [2.45, 2.75) is 32.4 Å². The number of imidazole rings is 1. The van der Waals surface area contributed by atoms with Crippen LogP contribution in [0.3, 0.4) is 0 Å². The molecule has 0 amide bonds. The normalized spacial score (nSPS) is 19.8. The van der Waals surface area contributed by atoms with Gasteiger partial charge in [0.2, 0.25) is 0 Å². The molecule has 0 saturated heterocycles. The van der Waals surface area contributed by atoms with Crippen molar-refractivity contribution in [1.82, 2.24) is 19.7 Å². The van der Waals surface area contributed by atoms with E-state index in [1.165, 1.54) is 24.7 Å². The van der Waals surface area contributed by atoms with Crippen LogP contribution in [0.1, 0.15) is 37.7 Å². The zero-order valence-electron chi connectivity index (χ0n) is 16.5. The SMILES string of the molecule is CCS(=O)(=O)N=C1CC(C2(C#N)CC2)=CN=C1c1nc2cc(C(F)(F)F)nnc2n1C. The predicted molar refractivity (Wildman–Crippen MR) is 105 cm³/mol. The van der Waals surface area contributed by atoms with Gasteiger partial charge in [0.1, 0.15) is 11.2 Å². The molecule has 31 heavy (non-hydrogen) atoms. The van der Waals surface area contributed by atoms with Crippen molar-refractivity contribution in [3.8, 4) is 6.07 Å². The van der Waals surface area contributed by atoms with Crippen molar-refractivity contribution in [3.63, 3.8) is 0 Å². The molecule has 0 aromatic carbocycles. The van der Waals surface area contributed by atoms with E-state index in [0.29, 0.717) is 18.4 Å². The number of halogens is 3. The molecular weight excluding hydrogens is 435 g/mol. The Morgan fingerprint density at radius 1 is 1.32 bits per heavy atom. The molecule has 1 fully saturated rings. The first-order valence-electron chi connectivity index (χ1n) is 9.28. The number of nitriles is 1. The number of sulfonamides is 1. The average molecular weight is 451 g/mol. The van der Waals surface area contributed by atoms with Crippen molar-refractivity contribution in [1.29, 1.82) is 5.26 Å². The molecule has 0 atom stereocenters. The highest BCUT2D eigenvalue weighted by atomic mass is 32.2. The zero-order valence-corrected chi connectivity index (χ0v) is 17.3. The Morgan fingerprint density at radius 3 is 2.61 bits per heavy atom. The van der Waals surface area contributed by atoms with Gasteiger partial charge < -0.3 is 4.57 Å². The Kier molecular flexibility index (Phi) is 4.73. The Labute approximate surface area is 175 Å². The topological polar surface area (TPSA) is 126 Å². The molecule has 3 heterocycles. The second-order valence-corrected chi connectivity index (χ2v) is 9.27. The monoisotopic (exact) mass is 451 g/mol. The summed E-state index contributed by atoms with van der Waals surface area (Å²) in [7, 11) is -2.29. The minimum atomic E-state index is -4.68. The van der Waals surface area contributed by atoms with E-state index < -0.39 is 27.3 Å². The van der Waals surface area contributed by atoms with Crippen LogP contribution in [-0.2, 0) is 23.2 Å². The van der Waals surface area contributed by atoms with Gasteiger partial charge in [-0.1, -0.05) is 0 Å². The third-order valence-corrected chi connectivity index (χ3v) is 6.52. The lowest BCUT2D eigenvalue weighted by molar-refractivity contribution is -0.141. The quantitative estimate of drug-likeness (QED) is 0.703. The summed E-state index contributed by atoms with van der Waals surface area (Å²) >= 11 is 0. The molecule has 0 N–H and O–H groups in total. The number of allylic oxidation sites excluding steroid dienone is 1. The summed E-state index contributed by atoms with van der Waals surface area (Å²) in [4.78, 5) is 8.52. The van der Waals surface area contributed by atoms with E-state index in [2.05, 4.69) is 30.6 Å². The van der Waals surface area contributed by atoms with Crippen molar-refractivity contribution >= 4 is 32.6 Å². The molecule has 4 rings (SSSR count). The molecule has 0 radical (unpaired) electrons. The molecule has 162 valence electrons. The van der Waals surface area contributed by atoms with Gasteiger partial charge in [-0.3, -0.25) is 4.99 Å². The summed E-state index contributed by atoms with van der Waals surface area (Å²) in [5, 5.41) is 16.3. The third kappa shape index (κ3) is 3.71. The van der Waals surface area contributed by atoms with Gasteiger partial charge in [0, 0.05) is 25.7 Å². The number of aryl methyl sites for hydroxylation is 1. The van der Waals surface area contributed by atoms with Gasteiger partial charge in [-0.15, -0.1) is 10.2 Å². The van der Waals surface area contributed by atoms with Crippen molar-refractivity contribution in [2.75, 3.05) is 5.75 Å². The van der Waals surface area contributed by atoms with E-state index in [0.717, 1.165) is 6.07 Å². The van der Waals surface area contributed by atoms with E-state index >= 15 is 0 Å². The maximum atomic E-state index is 13.0. The van der Waals surface area contributed by atoms with E-state index in [1.807, 2.05) is 0 Å². The van der Waals surface area contributed by atoms with E-state index in [1.54, 1.807) is 0 Å². The first-order valence-corrected chi connectivity index (χ1v) is 10.9. The number of hydrogen-bond acceptors (Lipinski definition) is 7. The molecule has 9 nitrogen and oxygen atoms in total. The largest absolute Gasteiger partial charge is 0.435 e. The summed E-state index contributed by atoms with van der Waals surface area (Å²) < 4.78 is 68.6. The van der Waals surface area contributed by atoms with Crippen LogP contribution >= 0.6 is 0 Å². The summed E-state index contributed by atoms with van der Waals surface area (Å²) in [6, 6.07) is 3.01. The Balaban J connectivity index is 1.88. The lowest BCUT2D eigenvalue weighted by Crippen LogP contribution is -2.26. The van der Waals surface area contributed by atoms with Crippen LogP contribution in [0, 0.1) is 16.7 Å². The number of hydrogen-bond donors (Lipinski definition) is 0. The third-order valence-electron chi connectivity index (χ3n) is 5.29. The Hall–Kier alpha value is -3.14. The minimum absolute atomic E-state index is 0.0642. The smallest absolute Gasteiger partial charge is 0.309 e. The fourth-order valence-electron chi connectivity index (χ4n) is 3.28. The van der Waals surface area contributed by atoms with Crippen LogP contribution in [0.5, 0.6) is 0 Å².